The number of carbonyl (C=O) groups is 1. The minimum Gasteiger partial charge on any atom is -0.272 e. The smallest absolute Gasteiger partial charge is 0.255 e. The van der Waals surface area contributed by atoms with Gasteiger partial charge in [-0.1, -0.05) is 61.5 Å². The normalized spacial score (nSPS) is 12.0. The van der Waals surface area contributed by atoms with Gasteiger partial charge in [-0.05, 0) is 40.5 Å². The van der Waals surface area contributed by atoms with Crippen LogP contribution in [-0.4, -0.2) is 38.4 Å². The van der Waals surface area contributed by atoms with Crippen molar-refractivity contribution in [1.82, 2.24) is 9.73 Å². The summed E-state index contributed by atoms with van der Waals surface area (Å²) in [6, 6.07) is 20.2. The minimum atomic E-state index is -3.79. The van der Waals surface area contributed by atoms with Crippen LogP contribution in [0.3, 0.4) is 0 Å². The minimum absolute atomic E-state index is 0.144. The van der Waals surface area contributed by atoms with E-state index in [0.29, 0.717) is 0 Å². The molecule has 0 heterocycles. The summed E-state index contributed by atoms with van der Waals surface area (Å²) in [6.45, 7) is 1.74. The van der Waals surface area contributed by atoms with Crippen molar-refractivity contribution in [3.8, 4) is 0 Å². The maximum atomic E-state index is 12.8. The maximum Gasteiger partial charge on any atom is 0.255 e. The number of nitrogens with one attached hydrogen (secondary N) is 1. The summed E-state index contributed by atoms with van der Waals surface area (Å²) in [6.07, 6.45) is 2.47. The molecule has 0 bridgehead atoms. The molecule has 0 aliphatic rings. The number of likely N-dealkylation sites (N-methyl/N-ethyl adjacent to an activating group) is 1. The van der Waals surface area contributed by atoms with E-state index in [4.69, 9.17) is 0 Å². The fraction of sp³-hybridized carbons (Fsp3) is 0.182. The van der Waals surface area contributed by atoms with Crippen LogP contribution in [0, 0.1) is 0 Å². The van der Waals surface area contributed by atoms with Crippen molar-refractivity contribution in [3.05, 3.63) is 77.9 Å². The molecule has 1 amide bonds. The second-order valence-corrected chi connectivity index (χ2v) is 8.70. The average molecular weight is 410 g/mol. The highest BCUT2D eigenvalue weighted by atomic mass is 32.2. The number of benzene rings is 3. The first-order chi connectivity index (χ1) is 13.9. The lowest BCUT2D eigenvalue weighted by Crippen LogP contribution is -2.36. The van der Waals surface area contributed by atoms with E-state index in [1.165, 1.54) is 18.8 Å². The Bertz CT molecular complexity index is 1140. The van der Waals surface area contributed by atoms with E-state index in [9.17, 15) is 13.2 Å². The zero-order chi connectivity index (χ0) is 20.9. The summed E-state index contributed by atoms with van der Waals surface area (Å²) >= 11 is 0. The molecule has 3 aromatic rings. The number of carbonyl (C=O) groups excluding carboxylic acids is 1. The number of rotatable bonds is 7. The molecule has 29 heavy (non-hydrogen) atoms. The maximum absolute atomic E-state index is 12.8. The zero-order valence-electron chi connectivity index (χ0n) is 16.4. The predicted molar refractivity (Wildman–Crippen MR) is 115 cm³/mol. The lowest BCUT2D eigenvalue weighted by atomic mass is 10.1. The van der Waals surface area contributed by atoms with Gasteiger partial charge in [-0.2, -0.15) is 9.41 Å². The Morgan fingerprint density at radius 3 is 2.41 bits per heavy atom. The van der Waals surface area contributed by atoms with Crippen molar-refractivity contribution in [1.29, 1.82) is 0 Å². The van der Waals surface area contributed by atoms with Crippen molar-refractivity contribution < 1.29 is 13.2 Å². The van der Waals surface area contributed by atoms with Gasteiger partial charge in [-0.15, -0.1) is 0 Å². The third-order valence-corrected chi connectivity index (χ3v) is 6.39. The molecule has 0 aliphatic carbocycles. The van der Waals surface area contributed by atoms with Crippen molar-refractivity contribution in [2.75, 3.05) is 13.6 Å². The van der Waals surface area contributed by atoms with Crippen molar-refractivity contribution in [2.45, 2.75) is 18.2 Å². The van der Waals surface area contributed by atoms with E-state index < -0.39 is 15.9 Å². The first-order valence-electron chi connectivity index (χ1n) is 9.26. The molecule has 0 fully saturated rings. The van der Waals surface area contributed by atoms with Crippen LogP contribution in [0.1, 0.15) is 18.1 Å². The second kappa shape index (κ2) is 8.98. The van der Waals surface area contributed by atoms with Crippen LogP contribution in [0.15, 0.2) is 76.7 Å². The number of aryl methyl sites for hydroxylation is 1. The van der Waals surface area contributed by atoms with Crippen LogP contribution in [0.25, 0.3) is 10.8 Å². The SMILES string of the molecule is CCc1ccc(/C=N\NC(=O)CN(C)S(=O)(=O)c2ccc3ccccc3c2)cc1. The molecular formula is C22H23N3O3S. The highest BCUT2D eigenvalue weighted by Crippen LogP contribution is 2.21. The van der Waals surface area contributed by atoms with Crippen LogP contribution >= 0.6 is 0 Å². The largest absolute Gasteiger partial charge is 0.272 e. The van der Waals surface area contributed by atoms with E-state index in [1.54, 1.807) is 18.2 Å². The van der Waals surface area contributed by atoms with Gasteiger partial charge < -0.3 is 0 Å². The van der Waals surface area contributed by atoms with Gasteiger partial charge in [0.15, 0.2) is 0 Å². The van der Waals surface area contributed by atoms with Gasteiger partial charge in [0.25, 0.3) is 5.91 Å². The Kier molecular flexibility index (Phi) is 6.41. The highest BCUT2D eigenvalue weighted by Gasteiger charge is 2.23. The van der Waals surface area contributed by atoms with E-state index in [-0.39, 0.29) is 11.4 Å². The molecule has 0 aliphatic heterocycles. The number of hydrogen-bond donors (Lipinski definition) is 1. The number of hydrogen-bond acceptors (Lipinski definition) is 4. The third kappa shape index (κ3) is 5.07. The van der Waals surface area contributed by atoms with Crippen LogP contribution in [0.5, 0.6) is 0 Å². The number of amides is 1. The molecule has 150 valence electrons. The van der Waals surface area contributed by atoms with Gasteiger partial charge in [0.05, 0.1) is 17.7 Å². The van der Waals surface area contributed by atoms with E-state index in [1.807, 2.05) is 48.5 Å². The molecule has 3 rings (SSSR count). The summed E-state index contributed by atoms with van der Waals surface area (Å²) in [5.74, 6) is -0.515. The molecule has 0 saturated carbocycles. The lowest BCUT2D eigenvalue weighted by molar-refractivity contribution is -0.121. The quantitative estimate of drug-likeness (QED) is 0.481. The number of hydrazone groups is 1. The first kappa shape index (κ1) is 20.7. The topological polar surface area (TPSA) is 78.8 Å². The van der Waals surface area contributed by atoms with E-state index >= 15 is 0 Å². The van der Waals surface area contributed by atoms with Gasteiger partial charge in [-0.25, -0.2) is 13.8 Å². The highest BCUT2D eigenvalue weighted by molar-refractivity contribution is 7.89. The zero-order valence-corrected chi connectivity index (χ0v) is 17.2. The van der Waals surface area contributed by atoms with Gasteiger partial charge in [-0.3, -0.25) is 4.79 Å². The molecule has 7 heteroatoms. The summed E-state index contributed by atoms with van der Waals surface area (Å²) in [5.41, 5.74) is 4.43. The van der Waals surface area contributed by atoms with Crippen LogP contribution in [0.2, 0.25) is 0 Å². The van der Waals surface area contributed by atoms with E-state index in [0.717, 1.165) is 27.1 Å². The summed E-state index contributed by atoms with van der Waals surface area (Å²) in [4.78, 5) is 12.2. The molecule has 0 atom stereocenters. The number of nitrogens with zero attached hydrogens (tertiary/aromatic N) is 2. The molecule has 0 saturated heterocycles. The Morgan fingerprint density at radius 2 is 1.72 bits per heavy atom. The van der Waals surface area contributed by atoms with Crippen LogP contribution in [-0.2, 0) is 21.2 Å². The van der Waals surface area contributed by atoms with Crippen molar-refractivity contribution in [3.63, 3.8) is 0 Å². The monoisotopic (exact) mass is 409 g/mol. The molecule has 0 unspecified atom stereocenters. The summed E-state index contributed by atoms with van der Waals surface area (Å²) in [5, 5.41) is 5.68. The van der Waals surface area contributed by atoms with Gasteiger partial charge in [0.1, 0.15) is 0 Å². The fourth-order valence-electron chi connectivity index (χ4n) is 2.85. The molecule has 0 radical (unpaired) electrons. The number of sulfonamides is 1. The van der Waals surface area contributed by atoms with Crippen LogP contribution < -0.4 is 5.43 Å². The summed E-state index contributed by atoms with van der Waals surface area (Å²) < 4.78 is 26.6. The van der Waals surface area contributed by atoms with Gasteiger partial charge in [0.2, 0.25) is 10.0 Å². The van der Waals surface area contributed by atoms with Crippen LogP contribution in [0.4, 0.5) is 0 Å². The first-order valence-corrected chi connectivity index (χ1v) is 10.7. The third-order valence-electron chi connectivity index (χ3n) is 4.59. The van der Waals surface area contributed by atoms with Gasteiger partial charge in [0, 0.05) is 7.05 Å². The van der Waals surface area contributed by atoms with E-state index in [2.05, 4.69) is 17.5 Å². The molecule has 6 nitrogen and oxygen atoms in total. The Balaban J connectivity index is 1.63. The average Bonchev–Trinajstić information content (AvgIpc) is 2.73. The predicted octanol–water partition coefficient (Wildman–Crippen LogP) is 3.17. The Morgan fingerprint density at radius 1 is 1.03 bits per heavy atom. The van der Waals surface area contributed by atoms with Crippen molar-refractivity contribution in [2.24, 2.45) is 5.10 Å². The Hall–Kier alpha value is -3.03. The lowest BCUT2D eigenvalue weighted by Gasteiger charge is -2.16. The second-order valence-electron chi connectivity index (χ2n) is 6.66. The molecule has 0 spiro atoms. The molecule has 0 aromatic heterocycles. The molecule has 1 N–H and O–H groups in total. The summed E-state index contributed by atoms with van der Waals surface area (Å²) in [7, 11) is -2.42. The molecule has 3 aromatic carbocycles. The Labute approximate surface area is 170 Å². The van der Waals surface area contributed by atoms with Gasteiger partial charge >= 0.3 is 0 Å². The standard InChI is InChI=1S/C22H23N3O3S/c1-3-17-8-10-18(11-9-17)15-23-24-22(26)16-25(2)29(27,28)21-13-12-19-6-4-5-7-20(19)14-21/h4-15H,3,16H2,1-2H3,(H,24,26)/b23-15-. The molecular weight excluding hydrogens is 386 g/mol. The van der Waals surface area contributed by atoms with Crippen molar-refractivity contribution >= 4 is 32.9 Å². The number of fused-ring (bicyclic) bond motifs is 1. The fourth-order valence-corrected chi connectivity index (χ4v) is 4.01.